The van der Waals surface area contributed by atoms with Crippen molar-refractivity contribution in [3.05, 3.63) is 71.1 Å². The molecular formula is C17H14N2O3S. The molecule has 0 aliphatic heterocycles. The number of amides is 1. The summed E-state index contributed by atoms with van der Waals surface area (Å²) in [5, 5.41) is 5.12. The van der Waals surface area contributed by atoms with E-state index in [2.05, 4.69) is 10.3 Å². The van der Waals surface area contributed by atoms with Crippen LogP contribution in [0.5, 0.6) is 0 Å². The number of carbonyl (C=O) groups is 2. The van der Waals surface area contributed by atoms with Crippen LogP contribution in [0, 0.1) is 0 Å². The summed E-state index contributed by atoms with van der Waals surface area (Å²) < 4.78 is 5.13. The highest BCUT2D eigenvalue weighted by Crippen LogP contribution is 2.21. The third-order valence-electron chi connectivity index (χ3n) is 3.45. The predicted octanol–water partition coefficient (Wildman–Crippen LogP) is 3.71. The normalized spacial score (nSPS) is 11.9. The van der Waals surface area contributed by atoms with Crippen molar-refractivity contribution < 1.29 is 14.0 Å². The molecule has 0 aliphatic carbocycles. The zero-order chi connectivity index (χ0) is 16.2. The number of rotatable bonds is 5. The number of nitrogens with one attached hydrogen (secondary N) is 1. The van der Waals surface area contributed by atoms with Crippen LogP contribution in [0.3, 0.4) is 0 Å². The molecule has 2 heterocycles. The Morgan fingerprint density at radius 1 is 1.26 bits per heavy atom. The Hall–Kier alpha value is -2.73. The smallest absolute Gasteiger partial charge is 0.233 e. The van der Waals surface area contributed by atoms with Gasteiger partial charge in [0.25, 0.3) is 0 Å². The van der Waals surface area contributed by atoms with Gasteiger partial charge in [0.2, 0.25) is 11.7 Å². The van der Waals surface area contributed by atoms with Gasteiger partial charge in [0.05, 0.1) is 12.2 Å². The minimum atomic E-state index is -0.400. The molecule has 1 atom stereocenters. The number of benzene rings is 1. The van der Waals surface area contributed by atoms with Gasteiger partial charge in [-0.1, -0.05) is 18.2 Å². The van der Waals surface area contributed by atoms with E-state index in [0.29, 0.717) is 10.7 Å². The molecule has 5 nitrogen and oxygen atoms in total. The van der Waals surface area contributed by atoms with Crippen LogP contribution < -0.4 is 5.32 Å². The average Bonchev–Trinajstić information content (AvgIpc) is 3.27. The van der Waals surface area contributed by atoms with Crippen LogP contribution in [0.1, 0.15) is 34.5 Å². The minimum Gasteiger partial charge on any atom is -0.461 e. The maximum atomic E-state index is 12.3. The summed E-state index contributed by atoms with van der Waals surface area (Å²) >= 11 is 1.36. The van der Waals surface area contributed by atoms with Crippen LogP contribution >= 0.6 is 11.3 Å². The summed E-state index contributed by atoms with van der Waals surface area (Å²) in [5.41, 5.74) is 1.25. The van der Waals surface area contributed by atoms with E-state index in [0.717, 1.165) is 5.56 Å². The second-order valence-corrected chi connectivity index (χ2v) is 5.87. The number of furan rings is 1. The molecule has 2 aromatic heterocycles. The number of ketones is 1. The molecule has 0 saturated heterocycles. The molecule has 0 radical (unpaired) electrons. The number of anilines is 1. The molecule has 0 aliphatic rings. The molecule has 6 heteroatoms. The Labute approximate surface area is 137 Å². The summed E-state index contributed by atoms with van der Waals surface area (Å²) in [7, 11) is 0. The molecule has 0 bridgehead atoms. The van der Waals surface area contributed by atoms with Crippen molar-refractivity contribution in [3.63, 3.8) is 0 Å². The summed E-state index contributed by atoms with van der Waals surface area (Å²) in [6.45, 7) is 1.79. The standard InChI is InChI=1S/C17H14N2O3S/c1-11(16(21)19-17-18-7-9-23-17)12-4-2-5-13(10-12)15(20)14-6-3-8-22-14/h2-11H,1H3,(H,18,19,21). The molecular weight excluding hydrogens is 312 g/mol. The third kappa shape index (κ3) is 3.37. The number of nitrogens with zero attached hydrogens (tertiary/aromatic N) is 1. The fraction of sp³-hybridized carbons (Fsp3) is 0.118. The summed E-state index contributed by atoms with van der Waals surface area (Å²) in [4.78, 5) is 28.6. The van der Waals surface area contributed by atoms with E-state index in [1.165, 1.54) is 17.6 Å². The van der Waals surface area contributed by atoms with Gasteiger partial charge in [0, 0.05) is 17.1 Å². The van der Waals surface area contributed by atoms with E-state index < -0.39 is 5.92 Å². The molecule has 3 rings (SSSR count). The Balaban J connectivity index is 1.79. The van der Waals surface area contributed by atoms with Crippen molar-refractivity contribution in [2.75, 3.05) is 5.32 Å². The van der Waals surface area contributed by atoms with Crippen molar-refractivity contribution >= 4 is 28.2 Å². The van der Waals surface area contributed by atoms with Crippen LogP contribution in [0.25, 0.3) is 0 Å². The van der Waals surface area contributed by atoms with Gasteiger partial charge in [-0.2, -0.15) is 0 Å². The minimum absolute atomic E-state index is 0.164. The number of aromatic nitrogens is 1. The largest absolute Gasteiger partial charge is 0.461 e. The highest BCUT2D eigenvalue weighted by atomic mass is 32.1. The zero-order valence-corrected chi connectivity index (χ0v) is 13.2. The summed E-state index contributed by atoms with van der Waals surface area (Å²) in [6.07, 6.45) is 3.09. The lowest BCUT2D eigenvalue weighted by Gasteiger charge is -2.12. The quantitative estimate of drug-likeness (QED) is 0.726. The van der Waals surface area contributed by atoms with Gasteiger partial charge in [0.15, 0.2) is 10.9 Å². The lowest BCUT2D eigenvalue weighted by atomic mass is 9.96. The highest BCUT2D eigenvalue weighted by Gasteiger charge is 2.19. The van der Waals surface area contributed by atoms with Crippen LogP contribution in [-0.2, 0) is 4.79 Å². The van der Waals surface area contributed by atoms with Crippen LogP contribution in [0.2, 0.25) is 0 Å². The molecule has 23 heavy (non-hydrogen) atoms. The van der Waals surface area contributed by atoms with Gasteiger partial charge in [0.1, 0.15) is 0 Å². The summed E-state index contributed by atoms with van der Waals surface area (Å²) in [5.74, 6) is -0.489. The molecule has 1 amide bonds. The van der Waals surface area contributed by atoms with Gasteiger partial charge in [-0.3, -0.25) is 9.59 Å². The van der Waals surface area contributed by atoms with E-state index in [4.69, 9.17) is 4.42 Å². The molecule has 0 spiro atoms. The molecule has 1 aromatic carbocycles. The van der Waals surface area contributed by atoms with Crippen LogP contribution in [0.4, 0.5) is 5.13 Å². The number of carbonyl (C=O) groups excluding carboxylic acids is 2. The number of hydrogen-bond donors (Lipinski definition) is 1. The second-order valence-electron chi connectivity index (χ2n) is 4.98. The van der Waals surface area contributed by atoms with Crippen molar-refractivity contribution in [2.24, 2.45) is 0 Å². The zero-order valence-electron chi connectivity index (χ0n) is 12.4. The van der Waals surface area contributed by atoms with E-state index >= 15 is 0 Å². The lowest BCUT2D eigenvalue weighted by molar-refractivity contribution is -0.117. The first kappa shape index (κ1) is 15.2. The highest BCUT2D eigenvalue weighted by molar-refractivity contribution is 7.13. The van der Waals surface area contributed by atoms with Crippen molar-refractivity contribution in [2.45, 2.75) is 12.8 Å². The fourth-order valence-corrected chi connectivity index (χ4v) is 2.68. The fourth-order valence-electron chi connectivity index (χ4n) is 2.15. The van der Waals surface area contributed by atoms with Crippen molar-refractivity contribution in [3.8, 4) is 0 Å². The van der Waals surface area contributed by atoms with E-state index in [1.54, 1.807) is 48.8 Å². The molecule has 116 valence electrons. The Bertz CT molecular complexity index is 810. The maximum absolute atomic E-state index is 12.3. The van der Waals surface area contributed by atoms with Gasteiger partial charge >= 0.3 is 0 Å². The third-order valence-corrected chi connectivity index (χ3v) is 4.14. The maximum Gasteiger partial charge on any atom is 0.233 e. The first-order valence-corrected chi connectivity index (χ1v) is 7.91. The van der Waals surface area contributed by atoms with E-state index in [9.17, 15) is 9.59 Å². The van der Waals surface area contributed by atoms with E-state index in [-0.39, 0.29) is 17.5 Å². The first-order chi connectivity index (χ1) is 11.1. The molecule has 0 saturated carbocycles. The lowest BCUT2D eigenvalue weighted by Crippen LogP contribution is -2.19. The SMILES string of the molecule is CC(C(=O)Nc1nccs1)c1cccc(C(=O)c2ccco2)c1. The topological polar surface area (TPSA) is 72.2 Å². The number of hydrogen-bond acceptors (Lipinski definition) is 5. The van der Waals surface area contributed by atoms with Gasteiger partial charge in [-0.15, -0.1) is 11.3 Å². The van der Waals surface area contributed by atoms with Crippen molar-refractivity contribution in [1.29, 1.82) is 0 Å². The predicted molar refractivity (Wildman–Crippen MR) is 87.7 cm³/mol. The first-order valence-electron chi connectivity index (χ1n) is 7.03. The van der Waals surface area contributed by atoms with Gasteiger partial charge in [-0.05, 0) is 30.7 Å². The van der Waals surface area contributed by atoms with Crippen LogP contribution in [-0.4, -0.2) is 16.7 Å². The van der Waals surface area contributed by atoms with Crippen molar-refractivity contribution in [1.82, 2.24) is 4.98 Å². The van der Waals surface area contributed by atoms with Gasteiger partial charge in [-0.25, -0.2) is 4.98 Å². The molecule has 1 unspecified atom stereocenters. The molecule has 1 N–H and O–H groups in total. The summed E-state index contributed by atoms with van der Waals surface area (Å²) in [6, 6.07) is 10.3. The van der Waals surface area contributed by atoms with E-state index in [1.807, 2.05) is 6.07 Å². The van der Waals surface area contributed by atoms with Crippen LogP contribution in [0.15, 0.2) is 58.7 Å². The Morgan fingerprint density at radius 3 is 2.83 bits per heavy atom. The molecule has 0 fully saturated rings. The Kier molecular flexibility index (Phi) is 4.34. The monoisotopic (exact) mass is 326 g/mol. The Morgan fingerprint density at radius 2 is 2.13 bits per heavy atom. The number of thiazole rings is 1. The second kappa shape index (κ2) is 6.58. The van der Waals surface area contributed by atoms with Gasteiger partial charge < -0.3 is 9.73 Å². The average molecular weight is 326 g/mol. The molecule has 3 aromatic rings.